The molecule has 1 amide bonds. The minimum atomic E-state index is -0.0775. The van der Waals surface area contributed by atoms with Crippen LogP contribution in [-0.4, -0.2) is 60.7 Å². The lowest BCUT2D eigenvalue weighted by molar-refractivity contribution is 0.0522. The van der Waals surface area contributed by atoms with Gasteiger partial charge in [-0.15, -0.1) is 0 Å². The van der Waals surface area contributed by atoms with Gasteiger partial charge in [0, 0.05) is 19.1 Å². The highest BCUT2D eigenvalue weighted by atomic mass is 16.5. The van der Waals surface area contributed by atoms with Gasteiger partial charge in [-0.3, -0.25) is 4.79 Å². The van der Waals surface area contributed by atoms with E-state index in [1.54, 1.807) is 6.07 Å². The van der Waals surface area contributed by atoms with Crippen LogP contribution in [0, 0.1) is 5.92 Å². The quantitative estimate of drug-likeness (QED) is 0.855. The summed E-state index contributed by atoms with van der Waals surface area (Å²) in [5, 5.41) is 3.70. The molecule has 2 fully saturated rings. The molecule has 0 radical (unpaired) electrons. The lowest BCUT2D eigenvalue weighted by atomic mass is 9.84. The second-order valence-corrected chi connectivity index (χ2v) is 6.41. The van der Waals surface area contributed by atoms with E-state index in [-0.39, 0.29) is 11.7 Å². The molecule has 0 aliphatic carbocycles. The molecule has 6 heteroatoms. The number of carbonyl (C=O) groups excluding carboxylic acids is 1. The molecule has 2 saturated heterocycles. The molecule has 0 aromatic carbocycles. The monoisotopic (exact) mass is 307 g/mol. The van der Waals surface area contributed by atoms with Gasteiger partial charge in [-0.05, 0) is 50.4 Å². The summed E-state index contributed by atoms with van der Waals surface area (Å²) in [7, 11) is 3.75. The Morgan fingerprint density at radius 2 is 2.05 bits per heavy atom. The van der Waals surface area contributed by atoms with Crippen molar-refractivity contribution < 1.29 is 14.1 Å². The van der Waals surface area contributed by atoms with Crippen molar-refractivity contribution in [3.05, 3.63) is 11.8 Å². The van der Waals surface area contributed by atoms with Gasteiger partial charge in [-0.25, -0.2) is 0 Å². The molecule has 0 N–H and O–H groups in total. The minimum absolute atomic E-state index is 0.0775. The third-order valence-electron chi connectivity index (χ3n) is 5.11. The summed E-state index contributed by atoms with van der Waals surface area (Å²) in [5.41, 5.74) is 0. The Balaban J connectivity index is 1.55. The number of rotatable bonds is 3. The highest BCUT2D eigenvalue weighted by molar-refractivity contribution is 5.91. The van der Waals surface area contributed by atoms with Crippen LogP contribution in [0.15, 0.2) is 10.6 Å². The van der Waals surface area contributed by atoms with Crippen molar-refractivity contribution in [1.82, 2.24) is 15.0 Å². The molecule has 2 aliphatic rings. The van der Waals surface area contributed by atoms with Crippen LogP contribution in [0.4, 0.5) is 0 Å². The number of amides is 1. The fourth-order valence-electron chi connectivity index (χ4n) is 3.80. The van der Waals surface area contributed by atoms with E-state index < -0.39 is 0 Å². The molecule has 6 nitrogen and oxygen atoms in total. The van der Waals surface area contributed by atoms with Crippen molar-refractivity contribution in [2.24, 2.45) is 5.92 Å². The van der Waals surface area contributed by atoms with Crippen LogP contribution in [0.2, 0.25) is 0 Å². The van der Waals surface area contributed by atoms with E-state index in [0.29, 0.717) is 17.8 Å². The number of piperidine rings is 2. The van der Waals surface area contributed by atoms with Crippen LogP contribution < -0.4 is 4.74 Å². The van der Waals surface area contributed by atoms with Crippen LogP contribution in [0.25, 0.3) is 0 Å². The van der Waals surface area contributed by atoms with E-state index in [2.05, 4.69) is 17.1 Å². The summed E-state index contributed by atoms with van der Waals surface area (Å²) in [6, 6.07) is 2.25. The summed E-state index contributed by atoms with van der Waals surface area (Å²) >= 11 is 0. The van der Waals surface area contributed by atoms with Crippen LogP contribution in [0.1, 0.15) is 42.7 Å². The Morgan fingerprint density at radius 1 is 1.27 bits per heavy atom. The third kappa shape index (κ3) is 3.11. The molecule has 3 heterocycles. The van der Waals surface area contributed by atoms with Gasteiger partial charge in [0.2, 0.25) is 5.76 Å². The molecule has 1 unspecified atom stereocenters. The van der Waals surface area contributed by atoms with Crippen molar-refractivity contribution in [3.63, 3.8) is 0 Å². The first-order valence-corrected chi connectivity index (χ1v) is 8.19. The minimum Gasteiger partial charge on any atom is -0.479 e. The highest BCUT2D eigenvalue weighted by Gasteiger charge is 2.32. The number of carbonyl (C=O) groups is 1. The maximum absolute atomic E-state index is 12.4. The molecule has 3 rings (SSSR count). The summed E-state index contributed by atoms with van der Waals surface area (Å²) in [6.07, 6.45) is 6.11. The van der Waals surface area contributed by atoms with Gasteiger partial charge >= 0.3 is 0 Å². The molecular weight excluding hydrogens is 282 g/mol. The lowest BCUT2D eigenvalue weighted by Gasteiger charge is -2.42. The normalized spacial score (nSPS) is 24.5. The second-order valence-electron chi connectivity index (χ2n) is 6.41. The average molecular weight is 307 g/mol. The number of hydrogen-bond acceptors (Lipinski definition) is 5. The fourth-order valence-corrected chi connectivity index (χ4v) is 3.80. The Bertz CT molecular complexity index is 508. The topological polar surface area (TPSA) is 58.8 Å². The van der Waals surface area contributed by atoms with E-state index in [1.165, 1.54) is 32.9 Å². The van der Waals surface area contributed by atoms with Crippen LogP contribution in [-0.2, 0) is 0 Å². The molecule has 1 aromatic rings. The second kappa shape index (κ2) is 6.69. The van der Waals surface area contributed by atoms with Gasteiger partial charge in [0.25, 0.3) is 11.8 Å². The molecule has 122 valence electrons. The van der Waals surface area contributed by atoms with Crippen LogP contribution in [0.3, 0.4) is 0 Å². The van der Waals surface area contributed by atoms with Crippen LogP contribution >= 0.6 is 0 Å². The molecule has 0 spiro atoms. The molecule has 1 aromatic heterocycles. The summed E-state index contributed by atoms with van der Waals surface area (Å²) < 4.78 is 10.0. The zero-order chi connectivity index (χ0) is 15.5. The van der Waals surface area contributed by atoms with Crippen molar-refractivity contribution in [3.8, 4) is 5.88 Å². The molecule has 22 heavy (non-hydrogen) atoms. The van der Waals surface area contributed by atoms with Gasteiger partial charge in [0.15, 0.2) is 0 Å². The van der Waals surface area contributed by atoms with Gasteiger partial charge < -0.3 is 19.1 Å². The van der Waals surface area contributed by atoms with Crippen molar-refractivity contribution in [2.75, 3.05) is 33.8 Å². The van der Waals surface area contributed by atoms with Crippen molar-refractivity contribution in [1.29, 1.82) is 0 Å². The maximum atomic E-state index is 12.4. The van der Waals surface area contributed by atoms with E-state index in [0.717, 1.165) is 25.9 Å². The number of ether oxygens (including phenoxy) is 1. The van der Waals surface area contributed by atoms with Crippen LogP contribution in [0.5, 0.6) is 5.88 Å². The third-order valence-corrected chi connectivity index (χ3v) is 5.11. The number of hydrogen-bond donors (Lipinski definition) is 0. The first-order valence-electron chi connectivity index (χ1n) is 8.19. The maximum Gasteiger partial charge on any atom is 0.292 e. The number of nitrogens with zero attached hydrogens (tertiary/aromatic N) is 3. The molecule has 2 aliphatic heterocycles. The van der Waals surface area contributed by atoms with Gasteiger partial charge in [0.05, 0.1) is 13.2 Å². The first-order chi connectivity index (χ1) is 10.7. The fraction of sp³-hybridized carbons (Fsp3) is 0.750. The zero-order valence-corrected chi connectivity index (χ0v) is 13.5. The molecule has 1 atom stereocenters. The standard InChI is InChI=1S/C16H25N3O3/c1-18-8-4-3-5-13(18)12-6-9-19(10-7-12)16(20)14-11-15(21-2)17-22-14/h11-13H,3-10H2,1-2H3. The zero-order valence-electron chi connectivity index (χ0n) is 13.5. The Kier molecular flexibility index (Phi) is 4.66. The van der Waals surface area contributed by atoms with E-state index in [4.69, 9.17) is 9.26 Å². The number of likely N-dealkylation sites (tertiary alicyclic amines) is 2. The van der Waals surface area contributed by atoms with Crippen molar-refractivity contribution >= 4 is 5.91 Å². The van der Waals surface area contributed by atoms with Gasteiger partial charge in [0.1, 0.15) is 0 Å². The van der Waals surface area contributed by atoms with E-state index >= 15 is 0 Å². The molecular formula is C16H25N3O3. The smallest absolute Gasteiger partial charge is 0.292 e. The summed E-state index contributed by atoms with van der Waals surface area (Å²) in [4.78, 5) is 16.8. The largest absolute Gasteiger partial charge is 0.479 e. The Morgan fingerprint density at radius 3 is 2.68 bits per heavy atom. The van der Waals surface area contributed by atoms with Gasteiger partial charge in [-0.1, -0.05) is 6.42 Å². The van der Waals surface area contributed by atoms with Crippen molar-refractivity contribution in [2.45, 2.75) is 38.1 Å². The van der Waals surface area contributed by atoms with E-state index in [1.807, 2.05) is 4.90 Å². The Hall–Kier alpha value is -1.56. The number of aromatic nitrogens is 1. The predicted octanol–water partition coefficient (Wildman–Crippen LogP) is 2.02. The van der Waals surface area contributed by atoms with Gasteiger partial charge in [-0.2, -0.15) is 0 Å². The Labute approximate surface area is 131 Å². The molecule has 0 bridgehead atoms. The summed E-state index contributed by atoms with van der Waals surface area (Å²) in [5.74, 6) is 1.25. The first kappa shape index (κ1) is 15.3. The summed E-state index contributed by atoms with van der Waals surface area (Å²) in [6.45, 7) is 2.81. The SMILES string of the molecule is COc1cc(C(=O)N2CCC(C3CCCCN3C)CC2)on1. The molecule has 0 saturated carbocycles. The number of methoxy groups -OCH3 is 1. The van der Waals surface area contributed by atoms with E-state index in [9.17, 15) is 4.79 Å². The predicted molar refractivity (Wildman–Crippen MR) is 82.0 cm³/mol. The lowest BCUT2D eigenvalue weighted by Crippen LogP contribution is -2.47. The highest BCUT2D eigenvalue weighted by Crippen LogP contribution is 2.30. The average Bonchev–Trinajstić information content (AvgIpc) is 3.04.